The molecule has 21 aromatic rings. The fourth-order valence-electron chi connectivity index (χ4n) is 16.7. The van der Waals surface area contributed by atoms with E-state index in [1.165, 1.54) is 0 Å². The molecule has 9 nitrogen and oxygen atoms in total. The molecule has 0 aliphatic heterocycles. The van der Waals surface area contributed by atoms with Crippen LogP contribution in [-0.4, -0.2) is 15.0 Å². The van der Waals surface area contributed by atoms with Gasteiger partial charge in [0.05, 0.1) is 17.1 Å². The Balaban J connectivity index is 0.000000133. The van der Waals surface area contributed by atoms with E-state index in [4.69, 9.17) is 15.0 Å². The molecule has 0 fully saturated rings. The smallest absolute Gasteiger partial charge is 0.352 e. The number of anilines is 18. The van der Waals surface area contributed by atoms with Crippen LogP contribution in [0.1, 0.15) is 0 Å². The van der Waals surface area contributed by atoms with Gasteiger partial charge in [0.1, 0.15) is 0 Å². The fourth-order valence-corrected chi connectivity index (χ4v) is 16.7. The standard InChI is InChI=1S/3C41H30N3.Ir/c3*1-5-15-34(16-6-1)43(35-17-7-2-8-18-35)38-27-25-32(26-28-38)40-31-33(29-30-42-40)39-23-13-14-24-41(39)44(36-19-9-3-10-20-36)37-21-11-4-12-22-37;/h3*1-25,27-31H;/q3*-1;+3. The van der Waals surface area contributed by atoms with E-state index in [0.717, 1.165) is 170 Å². The summed E-state index contributed by atoms with van der Waals surface area (Å²) in [5, 5.41) is 0. The number of aromatic nitrogens is 3. The average Bonchev–Trinajstić information content (AvgIpc) is 0.785. The summed E-state index contributed by atoms with van der Waals surface area (Å²) >= 11 is 0. The van der Waals surface area contributed by atoms with E-state index in [1.807, 2.05) is 73.2 Å². The second-order valence-corrected chi connectivity index (χ2v) is 31.3. The molecule has 0 bridgehead atoms. The molecule has 18 aromatic carbocycles. The van der Waals surface area contributed by atoms with E-state index >= 15 is 0 Å². The van der Waals surface area contributed by atoms with Gasteiger partial charge < -0.3 is 44.4 Å². The Labute approximate surface area is 792 Å². The number of benzene rings is 18. The van der Waals surface area contributed by atoms with Gasteiger partial charge in [0, 0.05) is 104 Å². The van der Waals surface area contributed by atoms with Crippen LogP contribution in [0.4, 0.5) is 102 Å². The molecule has 0 amide bonds. The first kappa shape index (κ1) is 86.6. The van der Waals surface area contributed by atoms with Crippen LogP contribution >= 0.6 is 0 Å². The monoisotopic (exact) mass is 1890 g/mol. The summed E-state index contributed by atoms with van der Waals surface area (Å²) in [5.74, 6) is 0. The van der Waals surface area contributed by atoms with Crippen LogP contribution in [0.5, 0.6) is 0 Å². The van der Waals surface area contributed by atoms with Gasteiger partial charge in [-0.1, -0.05) is 291 Å². The molecule has 0 radical (unpaired) electrons. The van der Waals surface area contributed by atoms with Crippen molar-refractivity contribution in [3.63, 3.8) is 0 Å². The first-order valence-electron chi connectivity index (χ1n) is 44.2. The van der Waals surface area contributed by atoms with Gasteiger partial charge in [-0.2, -0.15) is 0 Å². The summed E-state index contributed by atoms with van der Waals surface area (Å²) in [6.45, 7) is 0. The number of nitrogens with zero attached hydrogens (tertiary/aromatic N) is 9. The molecule has 636 valence electrons. The van der Waals surface area contributed by atoms with Crippen molar-refractivity contribution in [2.24, 2.45) is 0 Å². The minimum absolute atomic E-state index is 0. The Bertz CT molecular complexity index is 6290. The van der Waals surface area contributed by atoms with E-state index in [1.54, 1.807) is 0 Å². The Hall–Kier alpha value is -17.1. The maximum Gasteiger partial charge on any atom is 3.00 e. The van der Waals surface area contributed by atoms with Crippen LogP contribution < -0.4 is 29.4 Å². The van der Waals surface area contributed by atoms with Crippen LogP contribution in [0.2, 0.25) is 0 Å². The molecule has 133 heavy (non-hydrogen) atoms. The molecule has 10 heteroatoms. The summed E-state index contributed by atoms with van der Waals surface area (Å²) in [5.41, 5.74) is 31.7. The van der Waals surface area contributed by atoms with Crippen LogP contribution in [0.15, 0.2) is 546 Å². The third-order valence-corrected chi connectivity index (χ3v) is 22.8. The number of rotatable bonds is 24. The molecule has 0 aliphatic carbocycles. The maximum atomic E-state index is 4.76. The molecule has 0 atom stereocenters. The first-order valence-corrected chi connectivity index (χ1v) is 44.2. The summed E-state index contributed by atoms with van der Waals surface area (Å²) in [7, 11) is 0. The Kier molecular flexibility index (Phi) is 27.8. The average molecular weight is 1890 g/mol. The third kappa shape index (κ3) is 20.4. The largest absolute Gasteiger partial charge is 3.00 e. The van der Waals surface area contributed by atoms with E-state index < -0.39 is 0 Å². The van der Waals surface area contributed by atoms with Gasteiger partial charge in [-0.05, 0) is 233 Å². The molecule has 0 spiro atoms. The summed E-state index contributed by atoms with van der Waals surface area (Å²) in [6, 6.07) is 193. The second kappa shape index (κ2) is 42.6. The van der Waals surface area contributed by atoms with Crippen LogP contribution in [-0.2, 0) is 20.1 Å². The number of hydrogen-bond acceptors (Lipinski definition) is 9. The second-order valence-electron chi connectivity index (χ2n) is 31.3. The first-order chi connectivity index (χ1) is 65.5. The molecular formula is C123H90IrN9. The maximum absolute atomic E-state index is 4.76. The minimum Gasteiger partial charge on any atom is -0.352 e. The van der Waals surface area contributed by atoms with Crippen molar-refractivity contribution >= 4 is 102 Å². The molecule has 0 saturated carbocycles. The van der Waals surface area contributed by atoms with Crippen molar-refractivity contribution in [1.29, 1.82) is 0 Å². The summed E-state index contributed by atoms with van der Waals surface area (Å²) in [4.78, 5) is 27.9. The van der Waals surface area contributed by atoms with Crippen molar-refractivity contribution in [2.45, 2.75) is 0 Å². The van der Waals surface area contributed by atoms with E-state index in [-0.39, 0.29) is 20.1 Å². The Morgan fingerprint density at radius 3 is 0.489 bits per heavy atom. The molecule has 3 aromatic heterocycles. The molecule has 0 unspecified atom stereocenters. The van der Waals surface area contributed by atoms with Crippen molar-refractivity contribution in [3.05, 3.63) is 565 Å². The number of para-hydroxylation sites is 15. The van der Waals surface area contributed by atoms with Gasteiger partial charge in [-0.3, -0.25) is 0 Å². The van der Waals surface area contributed by atoms with Crippen molar-refractivity contribution in [1.82, 2.24) is 15.0 Å². The topological polar surface area (TPSA) is 58.1 Å². The Morgan fingerprint density at radius 1 is 0.150 bits per heavy atom. The molecule has 0 saturated heterocycles. The number of pyridine rings is 3. The number of hydrogen-bond donors (Lipinski definition) is 0. The zero-order valence-electron chi connectivity index (χ0n) is 72.8. The van der Waals surface area contributed by atoms with E-state index in [0.29, 0.717) is 0 Å². The van der Waals surface area contributed by atoms with Gasteiger partial charge in [0.2, 0.25) is 0 Å². The van der Waals surface area contributed by atoms with Crippen molar-refractivity contribution in [3.8, 4) is 67.2 Å². The van der Waals surface area contributed by atoms with Gasteiger partial charge >= 0.3 is 20.1 Å². The predicted octanol–water partition coefficient (Wildman–Crippen LogP) is 33.5. The van der Waals surface area contributed by atoms with Gasteiger partial charge in [-0.25, -0.2) is 0 Å². The minimum atomic E-state index is 0. The summed E-state index contributed by atoms with van der Waals surface area (Å²) < 4.78 is 0. The van der Waals surface area contributed by atoms with Crippen LogP contribution in [0.25, 0.3) is 67.2 Å². The SMILES string of the molecule is [Ir+3].[c-]1cc(N(c2ccccc2)c2ccccc2)ccc1-c1cc(-c2ccccc2N(c2ccccc2)c2ccccc2)ccn1.[c-]1cc(N(c2ccccc2)c2ccccc2)ccc1-c1cc(-c2ccccc2N(c2ccccc2)c2ccccc2)ccn1.[c-]1cc(N(c2ccccc2)c2ccccc2)ccc1-c1cc(-c2ccccc2N(c2ccccc2)c2ccccc2)ccn1. The zero-order valence-corrected chi connectivity index (χ0v) is 75.2. The van der Waals surface area contributed by atoms with E-state index in [2.05, 4.69) is 521 Å². The quantitative estimate of drug-likeness (QED) is 0.0551. The summed E-state index contributed by atoms with van der Waals surface area (Å²) in [6.07, 6.45) is 5.66. The van der Waals surface area contributed by atoms with Crippen molar-refractivity contribution < 1.29 is 20.1 Å². The van der Waals surface area contributed by atoms with E-state index in [9.17, 15) is 0 Å². The Morgan fingerprint density at radius 2 is 0.316 bits per heavy atom. The fraction of sp³-hybridized carbons (Fsp3) is 0. The normalized spacial score (nSPS) is 10.6. The molecule has 0 N–H and O–H groups in total. The van der Waals surface area contributed by atoms with Gasteiger partial charge in [-0.15, -0.1) is 89.5 Å². The molecular weight excluding hydrogens is 1800 g/mol. The van der Waals surface area contributed by atoms with Gasteiger partial charge in [0.25, 0.3) is 0 Å². The molecule has 21 rings (SSSR count). The van der Waals surface area contributed by atoms with Crippen molar-refractivity contribution in [2.75, 3.05) is 29.4 Å². The molecule has 3 heterocycles. The third-order valence-electron chi connectivity index (χ3n) is 22.8. The zero-order chi connectivity index (χ0) is 88.7. The predicted molar refractivity (Wildman–Crippen MR) is 550 cm³/mol. The molecule has 0 aliphatic rings. The van der Waals surface area contributed by atoms with Gasteiger partial charge in [0.15, 0.2) is 0 Å². The van der Waals surface area contributed by atoms with Crippen LogP contribution in [0.3, 0.4) is 0 Å². The van der Waals surface area contributed by atoms with Crippen LogP contribution in [0, 0.1) is 18.2 Å².